The van der Waals surface area contributed by atoms with Crippen LogP contribution in [-0.2, 0) is 9.59 Å². The lowest BCUT2D eigenvalue weighted by Crippen LogP contribution is -2.58. The number of benzene rings is 1. The van der Waals surface area contributed by atoms with Crippen molar-refractivity contribution in [2.45, 2.75) is 44.7 Å². The molecule has 1 aromatic carbocycles. The van der Waals surface area contributed by atoms with Crippen LogP contribution in [0.25, 0.3) is 5.57 Å². The fourth-order valence-electron chi connectivity index (χ4n) is 7.00. The van der Waals surface area contributed by atoms with Crippen LogP contribution in [0.5, 0.6) is 0 Å². The number of halogens is 3. The highest BCUT2D eigenvalue weighted by molar-refractivity contribution is 5.96. The molecule has 32 heavy (non-hydrogen) atoms. The molecule has 0 atom stereocenters. The number of hydrogen-bond donors (Lipinski definition) is 0. The number of carbonyl (C=O) groups excluding carboxylic acids is 2. The van der Waals surface area contributed by atoms with Gasteiger partial charge in [0.15, 0.2) is 0 Å². The zero-order chi connectivity index (χ0) is 22.5. The molecular weight excluding hydrogens is 417 g/mol. The molecule has 4 saturated carbocycles. The van der Waals surface area contributed by atoms with E-state index < -0.39 is 17.7 Å². The first-order chi connectivity index (χ1) is 15.2. The minimum atomic E-state index is -4.62. The Kier molecular flexibility index (Phi) is 5.33. The van der Waals surface area contributed by atoms with Gasteiger partial charge in [0.25, 0.3) is 0 Å². The average molecular weight is 447 g/mol. The minimum absolute atomic E-state index is 0.0241. The van der Waals surface area contributed by atoms with Crippen molar-refractivity contribution in [2.75, 3.05) is 26.2 Å². The minimum Gasteiger partial charge on any atom is -0.339 e. The summed E-state index contributed by atoms with van der Waals surface area (Å²) in [5, 5.41) is 0. The number of amides is 2. The maximum Gasteiger partial charge on any atom is 0.417 e. The maximum atomic E-state index is 13.6. The van der Waals surface area contributed by atoms with Gasteiger partial charge in [-0.15, -0.1) is 0 Å². The molecular formula is C25H29F3N2O2. The summed E-state index contributed by atoms with van der Waals surface area (Å²) in [6.45, 7) is 1.33. The number of alkyl halides is 3. The van der Waals surface area contributed by atoms with Crippen molar-refractivity contribution in [3.63, 3.8) is 0 Å². The topological polar surface area (TPSA) is 40.6 Å². The molecule has 1 heterocycles. The van der Waals surface area contributed by atoms with Crippen LogP contribution in [0.15, 0.2) is 36.4 Å². The van der Waals surface area contributed by atoms with E-state index >= 15 is 0 Å². The molecule has 0 radical (unpaired) electrons. The van der Waals surface area contributed by atoms with Crippen molar-refractivity contribution in [3.8, 4) is 0 Å². The van der Waals surface area contributed by atoms with Crippen LogP contribution < -0.4 is 0 Å². The highest BCUT2D eigenvalue weighted by Crippen LogP contribution is 2.60. The van der Waals surface area contributed by atoms with Crippen molar-refractivity contribution in [3.05, 3.63) is 42.0 Å². The van der Waals surface area contributed by atoms with Crippen LogP contribution in [-0.4, -0.2) is 54.0 Å². The zero-order valence-corrected chi connectivity index (χ0v) is 18.1. The van der Waals surface area contributed by atoms with E-state index in [0.29, 0.717) is 36.9 Å². The number of hydrogen-bond acceptors (Lipinski definition) is 2. The predicted molar refractivity (Wildman–Crippen MR) is 114 cm³/mol. The smallest absolute Gasteiger partial charge is 0.339 e. The van der Waals surface area contributed by atoms with E-state index in [9.17, 15) is 22.8 Å². The summed E-state index contributed by atoms with van der Waals surface area (Å²) in [5.74, 6) is 1.61. The number of rotatable bonds is 3. The van der Waals surface area contributed by atoms with E-state index in [0.717, 1.165) is 19.3 Å². The number of allylic oxidation sites excluding steroid dienone is 1. The fourth-order valence-corrected chi connectivity index (χ4v) is 7.00. The molecule has 7 heteroatoms. The van der Waals surface area contributed by atoms with Crippen LogP contribution >= 0.6 is 0 Å². The third kappa shape index (κ3) is 3.95. The van der Waals surface area contributed by atoms with E-state index in [4.69, 9.17) is 0 Å². The third-order valence-corrected chi connectivity index (χ3v) is 8.03. The van der Waals surface area contributed by atoms with E-state index in [1.165, 1.54) is 48.4 Å². The van der Waals surface area contributed by atoms with Crippen molar-refractivity contribution >= 4 is 17.4 Å². The van der Waals surface area contributed by atoms with Gasteiger partial charge in [-0.1, -0.05) is 30.3 Å². The molecule has 4 aliphatic carbocycles. The molecule has 0 spiro atoms. The molecule has 1 aromatic rings. The summed E-state index contributed by atoms with van der Waals surface area (Å²) in [4.78, 5) is 29.4. The molecule has 5 fully saturated rings. The first-order valence-electron chi connectivity index (χ1n) is 11.7. The van der Waals surface area contributed by atoms with Crippen molar-refractivity contribution in [2.24, 2.45) is 23.2 Å². The highest BCUT2D eigenvalue weighted by atomic mass is 19.4. The molecule has 0 unspecified atom stereocenters. The largest absolute Gasteiger partial charge is 0.417 e. The lowest BCUT2D eigenvalue weighted by atomic mass is 9.49. The maximum absolute atomic E-state index is 13.6. The molecule has 172 valence electrons. The van der Waals surface area contributed by atoms with Gasteiger partial charge in [-0.3, -0.25) is 9.59 Å². The molecule has 1 saturated heterocycles. The summed E-state index contributed by atoms with van der Waals surface area (Å²) < 4.78 is 40.7. The lowest BCUT2D eigenvalue weighted by molar-refractivity contribution is -0.160. The summed E-state index contributed by atoms with van der Waals surface area (Å²) in [6, 6.07) is 7.39. The number of piperazine rings is 1. The second-order valence-corrected chi connectivity index (χ2v) is 10.2. The standard InChI is InChI=1S/C25H29F3N2O2/c26-25(27,28)21(20-4-2-1-3-5-20)13-22(31)29-6-8-30(9-7-29)23(32)24-14-17-10-18(15-24)12-19(11-17)16-24/h1-5,13,17-19H,6-12,14-16H2/b21-13-. The van der Waals surface area contributed by atoms with E-state index in [2.05, 4.69) is 0 Å². The summed E-state index contributed by atoms with van der Waals surface area (Å²) >= 11 is 0. The molecule has 6 rings (SSSR count). The van der Waals surface area contributed by atoms with Gasteiger partial charge < -0.3 is 9.80 Å². The average Bonchev–Trinajstić information content (AvgIpc) is 2.76. The van der Waals surface area contributed by atoms with Gasteiger partial charge in [-0.2, -0.15) is 13.2 Å². The molecule has 0 N–H and O–H groups in total. The monoisotopic (exact) mass is 446 g/mol. The van der Waals surface area contributed by atoms with Gasteiger partial charge in [-0.05, 0) is 61.8 Å². The van der Waals surface area contributed by atoms with Crippen molar-refractivity contribution < 1.29 is 22.8 Å². The molecule has 4 bridgehead atoms. The normalized spacial score (nSPS) is 32.3. The molecule has 0 aromatic heterocycles. The first-order valence-corrected chi connectivity index (χ1v) is 11.7. The van der Waals surface area contributed by atoms with Crippen LogP contribution in [0.4, 0.5) is 13.2 Å². The Balaban J connectivity index is 1.25. The molecule has 1 aliphatic heterocycles. The Morgan fingerprint density at radius 1 is 0.844 bits per heavy atom. The first kappa shape index (κ1) is 21.5. The highest BCUT2D eigenvalue weighted by Gasteiger charge is 2.55. The Morgan fingerprint density at radius 2 is 1.34 bits per heavy atom. The van der Waals surface area contributed by atoms with Crippen LogP contribution in [0.1, 0.15) is 44.1 Å². The van der Waals surface area contributed by atoms with Crippen molar-refractivity contribution in [1.82, 2.24) is 9.80 Å². The Morgan fingerprint density at radius 3 is 1.84 bits per heavy atom. The summed E-state index contributed by atoms with van der Waals surface area (Å²) in [7, 11) is 0. The van der Waals surface area contributed by atoms with Gasteiger partial charge in [-0.25, -0.2) is 0 Å². The van der Waals surface area contributed by atoms with Gasteiger partial charge in [0.05, 0.1) is 11.0 Å². The van der Waals surface area contributed by atoms with Crippen molar-refractivity contribution in [1.29, 1.82) is 0 Å². The quantitative estimate of drug-likeness (QED) is 0.641. The van der Waals surface area contributed by atoms with E-state index in [-0.39, 0.29) is 30.0 Å². The number of carbonyl (C=O) groups is 2. The summed E-state index contributed by atoms with van der Waals surface area (Å²) in [6.07, 6.45) is 2.86. The van der Waals surface area contributed by atoms with Gasteiger partial charge in [0, 0.05) is 32.3 Å². The third-order valence-electron chi connectivity index (χ3n) is 8.03. The fraction of sp³-hybridized carbons (Fsp3) is 0.600. The lowest BCUT2D eigenvalue weighted by Gasteiger charge is -2.57. The van der Waals surface area contributed by atoms with Gasteiger partial charge in [0.1, 0.15) is 0 Å². The Bertz CT molecular complexity index is 882. The van der Waals surface area contributed by atoms with Crippen LogP contribution in [0.3, 0.4) is 0 Å². The van der Waals surface area contributed by atoms with Crippen LogP contribution in [0, 0.1) is 23.2 Å². The second-order valence-electron chi connectivity index (χ2n) is 10.2. The van der Waals surface area contributed by atoms with E-state index in [1.807, 2.05) is 4.90 Å². The summed E-state index contributed by atoms with van der Waals surface area (Å²) in [5.41, 5.74) is -1.18. The predicted octanol–water partition coefficient (Wildman–Crippen LogP) is 4.52. The van der Waals surface area contributed by atoms with Gasteiger partial charge >= 0.3 is 6.18 Å². The van der Waals surface area contributed by atoms with Crippen LogP contribution in [0.2, 0.25) is 0 Å². The van der Waals surface area contributed by atoms with Gasteiger partial charge in [0.2, 0.25) is 11.8 Å². The SMILES string of the molecule is O=C(/C=C(/c1ccccc1)C(F)(F)F)N1CCN(C(=O)C23CC4CC(CC(C4)C2)C3)CC1. The molecule has 2 amide bonds. The zero-order valence-electron chi connectivity index (χ0n) is 18.1. The molecule has 5 aliphatic rings. The Labute approximate surface area is 186 Å². The molecule has 4 nitrogen and oxygen atoms in total. The Hall–Kier alpha value is -2.31. The second kappa shape index (κ2) is 7.92. The number of nitrogens with zero attached hydrogens (tertiary/aromatic N) is 2. The van der Waals surface area contributed by atoms with E-state index in [1.54, 1.807) is 6.07 Å².